The van der Waals surface area contributed by atoms with Crippen molar-refractivity contribution in [3.8, 4) is 11.5 Å². The highest BCUT2D eigenvalue weighted by Crippen LogP contribution is 2.47. The Kier molecular flexibility index (Phi) is 4.05. The highest BCUT2D eigenvalue weighted by Gasteiger charge is 2.40. The van der Waals surface area contributed by atoms with Crippen LogP contribution in [0, 0.1) is 5.41 Å². The van der Waals surface area contributed by atoms with Crippen molar-refractivity contribution >= 4 is 17.4 Å². The zero-order chi connectivity index (χ0) is 19.2. The van der Waals surface area contributed by atoms with E-state index in [-0.39, 0.29) is 11.2 Å². The van der Waals surface area contributed by atoms with Crippen LogP contribution in [0.1, 0.15) is 38.3 Å². The first-order valence-corrected chi connectivity index (χ1v) is 8.77. The molecule has 2 aromatic rings. The van der Waals surface area contributed by atoms with E-state index in [0.717, 1.165) is 11.3 Å². The number of methoxy groups -OCH3 is 2. The van der Waals surface area contributed by atoms with Gasteiger partial charge in [0, 0.05) is 23.3 Å². The molecule has 0 spiro atoms. The molecule has 0 amide bonds. The van der Waals surface area contributed by atoms with Gasteiger partial charge in [-0.2, -0.15) is 0 Å². The smallest absolute Gasteiger partial charge is 0.219 e. The van der Waals surface area contributed by atoms with Crippen LogP contribution in [0.2, 0.25) is 0 Å². The van der Waals surface area contributed by atoms with Crippen molar-refractivity contribution in [2.45, 2.75) is 32.7 Å². The van der Waals surface area contributed by atoms with E-state index < -0.39 is 6.04 Å². The van der Waals surface area contributed by atoms with E-state index in [1.165, 1.54) is 0 Å². The average Bonchev–Trinajstić information content (AvgIpc) is 2.99. The summed E-state index contributed by atoms with van der Waals surface area (Å²) in [4.78, 5) is 13.1. The largest absolute Gasteiger partial charge is 0.493 e. The number of hydrogen-bond donors (Lipinski definition) is 2. The van der Waals surface area contributed by atoms with E-state index in [1.54, 1.807) is 14.2 Å². The molecule has 1 aromatic carbocycles. The number of fused-ring (bicyclic) bond motifs is 1. The van der Waals surface area contributed by atoms with E-state index in [4.69, 9.17) is 14.1 Å². The van der Waals surface area contributed by atoms with Crippen LogP contribution in [0.25, 0.3) is 0 Å². The lowest BCUT2D eigenvalue weighted by molar-refractivity contribution is -0.118. The van der Waals surface area contributed by atoms with E-state index in [2.05, 4.69) is 34.8 Å². The summed E-state index contributed by atoms with van der Waals surface area (Å²) in [5.74, 6) is 2.17. The number of anilines is 2. The second-order valence-electron chi connectivity index (χ2n) is 7.58. The fourth-order valence-corrected chi connectivity index (χ4v) is 3.87. The molecule has 1 aliphatic heterocycles. The zero-order valence-electron chi connectivity index (χ0n) is 15.8. The molecule has 2 aliphatic rings. The lowest BCUT2D eigenvalue weighted by atomic mass is 9.73. The number of aromatic nitrogens is 2. The van der Waals surface area contributed by atoms with Crippen LogP contribution in [0.3, 0.4) is 0 Å². The summed E-state index contributed by atoms with van der Waals surface area (Å²) in [5, 5.41) is 14.4. The Morgan fingerprint density at radius 3 is 2.67 bits per heavy atom. The summed E-state index contributed by atoms with van der Waals surface area (Å²) < 4.78 is 15.9. The van der Waals surface area contributed by atoms with Crippen LogP contribution in [-0.2, 0) is 4.79 Å². The van der Waals surface area contributed by atoms with Crippen molar-refractivity contribution in [2.24, 2.45) is 5.41 Å². The second-order valence-corrected chi connectivity index (χ2v) is 7.58. The van der Waals surface area contributed by atoms with Crippen LogP contribution in [-0.4, -0.2) is 30.3 Å². The number of allylic oxidation sites excluding steroid dienone is 1. The van der Waals surface area contributed by atoms with Gasteiger partial charge in [-0.25, -0.2) is 4.63 Å². The topological polar surface area (TPSA) is 98.5 Å². The molecule has 2 N–H and O–H groups in total. The number of Topliss-reactive ketones (excluding diaryl/α,β-unsaturated/α-hetero) is 1. The highest BCUT2D eigenvalue weighted by atomic mass is 16.6. The van der Waals surface area contributed by atoms with Crippen LogP contribution in [0.4, 0.5) is 11.6 Å². The first-order valence-electron chi connectivity index (χ1n) is 8.77. The van der Waals surface area contributed by atoms with Gasteiger partial charge < -0.3 is 20.1 Å². The molecule has 2 heterocycles. The Bertz CT molecular complexity index is 932. The first kappa shape index (κ1) is 17.4. The SMILES string of the molecule is COc1cccc(C2Nc3nonc3NC3=C2C(=O)CC(C)(C)C3)c1OC. The van der Waals surface area contributed by atoms with Gasteiger partial charge in [0.25, 0.3) is 0 Å². The molecule has 0 radical (unpaired) electrons. The van der Waals surface area contributed by atoms with Crippen molar-refractivity contribution in [2.75, 3.05) is 24.9 Å². The molecule has 0 saturated heterocycles. The Morgan fingerprint density at radius 1 is 1.15 bits per heavy atom. The van der Waals surface area contributed by atoms with Gasteiger partial charge in [0.15, 0.2) is 17.3 Å². The van der Waals surface area contributed by atoms with E-state index in [1.807, 2.05) is 18.2 Å². The average molecular weight is 370 g/mol. The van der Waals surface area contributed by atoms with Crippen LogP contribution < -0.4 is 20.1 Å². The Hall–Kier alpha value is -3.03. The normalized spacial score (nSPS) is 20.7. The number of nitrogens with zero attached hydrogens (tertiary/aromatic N) is 2. The Morgan fingerprint density at radius 2 is 1.93 bits per heavy atom. The van der Waals surface area contributed by atoms with Gasteiger partial charge >= 0.3 is 0 Å². The van der Waals surface area contributed by atoms with E-state index in [0.29, 0.717) is 41.5 Å². The third-order valence-electron chi connectivity index (χ3n) is 4.99. The van der Waals surface area contributed by atoms with Gasteiger partial charge in [0.2, 0.25) is 11.6 Å². The zero-order valence-corrected chi connectivity index (χ0v) is 15.8. The quantitative estimate of drug-likeness (QED) is 0.849. The van der Waals surface area contributed by atoms with E-state index in [9.17, 15) is 4.79 Å². The fraction of sp³-hybridized carbons (Fsp3) is 0.421. The molecule has 0 fully saturated rings. The lowest BCUT2D eigenvalue weighted by Crippen LogP contribution is -2.31. The number of carbonyl (C=O) groups excluding carboxylic acids is 1. The van der Waals surface area contributed by atoms with Crippen molar-refractivity contribution in [3.05, 3.63) is 35.0 Å². The van der Waals surface area contributed by atoms with Crippen molar-refractivity contribution in [3.63, 3.8) is 0 Å². The molecule has 0 saturated carbocycles. The van der Waals surface area contributed by atoms with Crippen LogP contribution >= 0.6 is 0 Å². The minimum absolute atomic E-state index is 0.0817. The summed E-state index contributed by atoms with van der Waals surface area (Å²) in [6.07, 6.45) is 1.18. The summed E-state index contributed by atoms with van der Waals surface area (Å²) in [7, 11) is 3.17. The summed E-state index contributed by atoms with van der Waals surface area (Å²) in [6, 6.07) is 5.14. The number of para-hydroxylation sites is 1. The van der Waals surface area contributed by atoms with Gasteiger partial charge in [0.1, 0.15) is 0 Å². The van der Waals surface area contributed by atoms with Crippen LogP contribution in [0.5, 0.6) is 11.5 Å². The third-order valence-corrected chi connectivity index (χ3v) is 4.99. The highest BCUT2D eigenvalue weighted by molar-refractivity contribution is 6.00. The van der Waals surface area contributed by atoms with Gasteiger partial charge in [-0.3, -0.25) is 4.79 Å². The molecule has 142 valence electrons. The number of rotatable bonds is 3. The molecule has 8 heteroatoms. The molecular formula is C19H22N4O4. The molecule has 8 nitrogen and oxygen atoms in total. The second kappa shape index (κ2) is 6.29. The van der Waals surface area contributed by atoms with Crippen molar-refractivity contribution in [1.82, 2.24) is 10.3 Å². The van der Waals surface area contributed by atoms with Gasteiger partial charge in [-0.15, -0.1) is 0 Å². The summed E-state index contributed by atoms with van der Waals surface area (Å²) >= 11 is 0. The molecule has 1 aromatic heterocycles. The Balaban J connectivity index is 1.92. The first-order chi connectivity index (χ1) is 12.9. The van der Waals surface area contributed by atoms with Gasteiger partial charge in [0.05, 0.1) is 20.3 Å². The maximum Gasteiger partial charge on any atom is 0.219 e. The predicted molar refractivity (Wildman–Crippen MR) is 98.9 cm³/mol. The molecule has 4 rings (SSSR count). The number of ether oxygens (including phenoxy) is 2. The monoisotopic (exact) mass is 370 g/mol. The van der Waals surface area contributed by atoms with Gasteiger partial charge in [-0.05, 0) is 28.2 Å². The maximum absolute atomic E-state index is 13.1. The molecular weight excluding hydrogens is 348 g/mol. The number of hydrogen-bond acceptors (Lipinski definition) is 8. The minimum Gasteiger partial charge on any atom is -0.493 e. The number of nitrogens with one attached hydrogen (secondary N) is 2. The predicted octanol–water partition coefficient (Wildman–Crippen LogP) is 3.31. The lowest BCUT2D eigenvalue weighted by Gasteiger charge is -2.34. The standard InChI is InChI=1S/C19H22N4O4/c1-19(2)8-11-14(12(24)9-19)15(21-18-17(20-11)22-27-23-18)10-6-5-7-13(25-3)16(10)26-4/h5-7,15H,8-9H2,1-4H3,(H,20,22)(H,21,23). The summed E-state index contributed by atoms with van der Waals surface area (Å²) in [6.45, 7) is 4.16. The molecule has 1 aliphatic carbocycles. The summed E-state index contributed by atoms with van der Waals surface area (Å²) in [5.41, 5.74) is 2.14. The molecule has 1 atom stereocenters. The van der Waals surface area contributed by atoms with Crippen molar-refractivity contribution in [1.29, 1.82) is 0 Å². The van der Waals surface area contributed by atoms with Crippen LogP contribution in [0.15, 0.2) is 34.1 Å². The molecule has 0 bridgehead atoms. The maximum atomic E-state index is 13.1. The molecule has 1 unspecified atom stereocenters. The number of carbonyl (C=O) groups is 1. The van der Waals surface area contributed by atoms with Crippen molar-refractivity contribution < 1.29 is 18.9 Å². The fourth-order valence-electron chi connectivity index (χ4n) is 3.87. The van der Waals surface area contributed by atoms with Gasteiger partial charge in [-0.1, -0.05) is 26.0 Å². The molecule has 27 heavy (non-hydrogen) atoms. The minimum atomic E-state index is -0.464. The Labute approximate surface area is 156 Å². The third kappa shape index (κ3) is 2.90. The number of ketones is 1. The van der Waals surface area contributed by atoms with E-state index >= 15 is 0 Å². The number of benzene rings is 1.